The van der Waals surface area contributed by atoms with Crippen molar-refractivity contribution in [2.24, 2.45) is 5.92 Å². The Morgan fingerprint density at radius 3 is 2.50 bits per heavy atom. The van der Waals surface area contributed by atoms with Crippen molar-refractivity contribution in [2.75, 3.05) is 0 Å². The first-order valence-corrected chi connectivity index (χ1v) is 7.94. The third kappa shape index (κ3) is 2.08. The Balaban J connectivity index is 2.03. The minimum absolute atomic E-state index is 0.0228. The average molecular weight is 312 g/mol. The van der Waals surface area contributed by atoms with Gasteiger partial charge in [0.2, 0.25) is 5.90 Å². The molecule has 1 N–H and O–H groups in total. The van der Waals surface area contributed by atoms with Crippen LogP contribution in [0, 0.1) is 29.6 Å². The molecular weight excluding hydrogens is 296 g/mol. The van der Waals surface area contributed by atoms with Crippen LogP contribution in [-0.4, -0.2) is 5.90 Å². The summed E-state index contributed by atoms with van der Waals surface area (Å²) in [5.41, 5.74) is 3.18. The van der Waals surface area contributed by atoms with Gasteiger partial charge in [-0.1, -0.05) is 60.7 Å². The summed E-state index contributed by atoms with van der Waals surface area (Å²) in [5, 5.41) is 20.0. The van der Waals surface area contributed by atoms with Crippen molar-refractivity contribution in [1.29, 1.82) is 10.7 Å². The summed E-state index contributed by atoms with van der Waals surface area (Å²) in [6.45, 7) is 2.05. The predicted molar refractivity (Wildman–Crippen MR) is 94.4 cm³/mol. The lowest BCUT2D eigenvalue weighted by Crippen LogP contribution is -2.31. The Labute approximate surface area is 140 Å². The summed E-state index contributed by atoms with van der Waals surface area (Å²) in [6, 6.07) is 22.4. The number of rotatable bonds is 1. The molecule has 116 valence electrons. The fourth-order valence-corrected chi connectivity index (χ4v) is 3.54. The number of nitrogens with one attached hydrogen (secondary N) is 1. The number of hydrogen-bond acceptors (Lipinski definition) is 3. The van der Waals surface area contributed by atoms with E-state index in [0.29, 0.717) is 5.75 Å². The van der Waals surface area contributed by atoms with Crippen LogP contribution < -0.4 is 4.74 Å². The van der Waals surface area contributed by atoms with Gasteiger partial charge in [-0.15, -0.1) is 0 Å². The average Bonchev–Trinajstić information content (AvgIpc) is 2.61. The second kappa shape index (κ2) is 5.50. The molecule has 4 rings (SSSR count). The van der Waals surface area contributed by atoms with Crippen molar-refractivity contribution in [3.05, 3.63) is 77.4 Å². The summed E-state index contributed by atoms with van der Waals surface area (Å²) in [4.78, 5) is 0. The number of nitrogens with zero attached hydrogens (tertiary/aromatic N) is 1. The molecule has 1 aliphatic heterocycles. The zero-order valence-corrected chi connectivity index (χ0v) is 13.3. The SMILES string of the molecule is Cc1ccccc1C1c2ccc3ccccc3c2OC(=N)C1C#N. The van der Waals surface area contributed by atoms with E-state index in [1.165, 1.54) is 0 Å². The van der Waals surface area contributed by atoms with Crippen LogP contribution in [0.3, 0.4) is 0 Å². The molecule has 3 aromatic carbocycles. The van der Waals surface area contributed by atoms with Gasteiger partial charge in [-0.3, -0.25) is 5.41 Å². The highest BCUT2D eigenvalue weighted by Crippen LogP contribution is 2.45. The Morgan fingerprint density at radius 2 is 1.71 bits per heavy atom. The lowest BCUT2D eigenvalue weighted by molar-refractivity contribution is 0.455. The Kier molecular flexibility index (Phi) is 3.32. The standard InChI is InChI=1S/C21H16N2O/c1-13-6-2-4-8-15(13)19-17-11-10-14-7-3-5-9-16(14)20(17)24-21(23)18(19)12-22/h2-11,18-19,23H,1H3. The number of aryl methyl sites for hydroxylation is 1. The lowest BCUT2D eigenvalue weighted by atomic mass is 9.77. The van der Waals surface area contributed by atoms with Gasteiger partial charge in [0.05, 0.1) is 6.07 Å². The maximum atomic E-state index is 9.65. The number of benzene rings is 3. The Morgan fingerprint density at radius 1 is 0.958 bits per heavy atom. The van der Waals surface area contributed by atoms with E-state index < -0.39 is 5.92 Å². The molecule has 3 aromatic rings. The van der Waals surface area contributed by atoms with Gasteiger partial charge < -0.3 is 4.74 Å². The lowest BCUT2D eigenvalue weighted by Gasteiger charge is -2.32. The first kappa shape index (κ1) is 14.5. The molecule has 0 aliphatic carbocycles. The van der Waals surface area contributed by atoms with E-state index in [0.717, 1.165) is 27.5 Å². The van der Waals surface area contributed by atoms with Crippen LogP contribution >= 0.6 is 0 Å². The van der Waals surface area contributed by atoms with E-state index in [1.54, 1.807) is 0 Å². The molecule has 1 heterocycles. The largest absolute Gasteiger partial charge is 0.441 e. The topological polar surface area (TPSA) is 56.9 Å². The second-order valence-corrected chi connectivity index (χ2v) is 6.11. The van der Waals surface area contributed by atoms with E-state index in [-0.39, 0.29) is 11.8 Å². The van der Waals surface area contributed by atoms with Gasteiger partial charge in [-0.25, -0.2) is 0 Å². The van der Waals surface area contributed by atoms with Gasteiger partial charge in [0.1, 0.15) is 11.7 Å². The molecule has 1 aliphatic rings. The van der Waals surface area contributed by atoms with Crippen LogP contribution in [-0.2, 0) is 0 Å². The van der Waals surface area contributed by atoms with E-state index in [1.807, 2.05) is 61.5 Å². The van der Waals surface area contributed by atoms with E-state index in [9.17, 15) is 5.26 Å². The normalized spacial score (nSPS) is 19.4. The van der Waals surface area contributed by atoms with E-state index >= 15 is 0 Å². The highest BCUT2D eigenvalue weighted by atomic mass is 16.5. The van der Waals surface area contributed by atoms with Crippen molar-refractivity contribution < 1.29 is 4.74 Å². The third-order valence-electron chi connectivity index (χ3n) is 4.74. The quantitative estimate of drug-likeness (QED) is 0.702. The Bertz CT molecular complexity index is 1000. The number of ether oxygens (including phenoxy) is 1. The summed E-state index contributed by atoms with van der Waals surface area (Å²) in [7, 11) is 0. The molecule has 0 saturated carbocycles. The van der Waals surface area contributed by atoms with Gasteiger partial charge in [0, 0.05) is 16.9 Å². The molecule has 0 aromatic heterocycles. The number of nitriles is 1. The number of fused-ring (bicyclic) bond motifs is 3. The zero-order valence-electron chi connectivity index (χ0n) is 13.3. The van der Waals surface area contributed by atoms with Crippen molar-refractivity contribution in [3.63, 3.8) is 0 Å². The third-order valence-corrected chi connectivity index (χ3v) is 4.74. The fraction of sp³-hybridized carbons (Fsp3) is 0.143. The molecule has 0 fully saturated rings. The van der Waals surface area contributed by atoms with Crippen molar-refractivity contribution >= 4 is 16.7 Å². The minimum Gasteiger partial charge on any atom is -0.441 e. The fourth-order valence-electron chi connectivity index (χ4n) is 3.54. The van der Waals surface area contributed by atoms with E-state index in [2.05, 4.69) is 12.1 Å². The van der Waals surface area contributed by atoms with Gasteiger partial charge in [-0.05, 0) is 23.4 Å². The highest BCUT2D eigenvalue weighted by molar-refractivity contribution is 5.95. The second-order valence-electron chi connectivity index (χ2n) is 6.11. The predicted octanol–water partition coefficient (Wildman–Crippen LogP) is 4.79. The molecule has 24 heavy (non-hydrogen) atoms. The van der Waals surface area contributed by atoms with Gasteiger partial charge in [-0.2, -0.15) is 5.26 Å². The van der Waals surface area contributed by atoms with Crippen LogP contribution in [0.4, 0.5) is 0 Å². The maximum absolute atomic E-state index is 9.65. The van der Waals surface area contributed by atoms with Crippen LogP contribution in [0.25, 0.3) is 10.8 Å². The van der Waals surface area contributed by atoms with Crippen LogP contribution in [0.2, 0.25) is 0 Å². The molecule has 0 amide bonds. The highest BCUT2D eigenvalue weighted by Gasteiger charge is 2.38. The monoisotopic (exact) mass is 312 g/mol. The number of hydrogen-bond donors (Lipinski definition) is 1. The summed E-state index contributed by atoms with van der Waals surface area (Å²) < 4.78 is 5.80. The molecule has 3 heteroatoms. The van der Waals surface area contributed by atoms with Crippen molar-refractivity contribution in [3.8, 4) is 11.8 Å². The van der Waals surface area contributed by atoms with Crippen molar-refractivity contribution in [2.45, 2.75) is 12.8 Å². The van der Waals surface area contributed by atoms with Crippen LogP contribution in [0.1, 0.15) is 22.6 Å². The summed E-state index contributed by atoms with van der Waals surface area (Å²) in [5.74, 6) is -0.0655. The molecule has 3 nitrogen and oxygen atoms in total. The van der Waals surface area contributed by atoms with Crippen LogP contribution in [0.5, 0.6) is 5.75 Å². The van der Waals surface area contributed by atoms with E-state index in [4.69, 9.17) is 10.1 Å². The van der Waals surface area contributed by atoms with Gasteiger partial charge in [0.15, 0.2) is 0 Å². The zero-order chi connectivity index (χ0) is 16.7. The summed E-state index contributed by atoms with van der Waals surface area (Å²) in [6.07, 6.45) is 0. The Hall–Kier alpha value is -3.12. The minimum atomic E-state index is -0.611. The molecule has 0 spiro atoms. The van der Waals surface area contributed by atoms with Crippen molar-refractivity contribution in [1.82, 2.24) is 0 Å². The van der Waals surface area contributed by atoms with Gasteiger partial charge in [0.25, 0.3) is 0 Å². The summed E-state index contributed by atoms with van der Waals surface area (Å²) >= 11 is 0. The van der Waals surface area contributed by atoms with Crippen LogP contribution in [0.15, 0.2) is 60.7 Å². The molecule has 0 bridgehead atoms. The maximum Gasteiger partial charge on any atom is 0.205 e. The molecule has 0 radical (unpaired) electrons. The molecule has 2 atom stereocenters. The smallest absolute Gasteiger partial charge is 0.205 e. The molecular formula is C21H16N2O. The first-order chi connectivity index (χ1) is 11.7. The molecule has 0 saturated heterocycles. The molecule has 2 unspecified atom stereocenters. The van der Waals surface area contributed by atoms with Gasteiger partial charge >= 0.3 is 0 Å². The first-order valence-electron chi connectivity index (χ1n) is 7.94.